The number of carbonyl (C=O) groups is 1. The van der Waals surface area contributed by atoms with Gasteiger partial charge in [-0.1, -0.05) is 20.8 Å². The van der Waals surface area contributed by atoms with Crippen molar-refractivity contribution in [2.75, 3.05) is 7.11 Å². The molecule has 0 saturated carbocycles. The van der Waals surface area contributed by atoms with Gasteiger partial charge in [0.2, 0.25) is 5.90 Å². The summed E-state index contributed by atoms with van der Waals surface area (Å²) in [5.41, 5.74) is -0.819. The van der Waals surface area contributed by atoms with E-state index in [9.17, 15) is 4.79 Å². The molecule has 1 aliphatic heterocycles. The number of aliphatic imine (C=N–C) groups is 1. The predicted octanol–water partition coefficient (Wildman–Crippen LogP) is 3.05. The second-order valence-corrected chi connectivity index (χ2v) is 7.22. The maximum absolute atomic E-state index is 12.6. The van der Waals surface area contributed by atoms with Gasteiger partial charge in [0.15, 0.2) is 0 Å². The zero-order chi connectivity index (χ0) is 16.4. The van der Waals surface area contributed by atoms with Gasteiger partial charge in [-0.25, -0.2) is 9.79 Å². The van der Waals surface area contributed by atoms with Crippen LogP contribution in [-0.4, -0.2) is 41.8 Å². The van der Waals surface area contributed by atoms with Gasteiger partial charge in [-0.3, -0.25) is 4.90 Å². The Bertz CT molecular complexity index is 463. The molecule has 1 amide bonds. The summed E-state index contributed by atoms with van der Waals surface area (Å²) >= 11 is 0. The molecule has 0 aromatic carbocycles. The lowest BCUT2D eigenvalue weighted by molar-refractivity contribution is 0.00259. The normalized spacial score (nSPS) is 22.6. The summed E-state index contributed by atoms with van der Waals surface area (Å²) in [6, 6.07) is -0.376. The van der Waals surface area contributed by atoms with Crippen molar-refractivity contribution in [2.24, 2.45) is 10.4 Å². The van der Waals surface area contributed by atoms with Crippen molar-refractivity contribution in [1.82, 2.24) is 4.90 Å². The third-order valence-electron chi connectivity index (χ3n) is 3.03. The van der Waals surface area contributed by atoms with Crippen molar-refractivity contribution < 1.29 is 14.3 Å². The van der Waals surface area contributed by atoms with E-state index in [0.717, 1.165) is 0 Å². The smallest absolute Gasteiger partial charge is 0.412 e. The number of methoxy groups -OCH3 is 1. The highest BCUT2D eigenvalue weighted by Crippen LogP contribution is 2.34. The van der Waals surface area contributed by atoms with Gasteiger partial charge in [0.25, 0.3) is 0 Å². The van der Waals surface area contributed by atoms with E-state index in [2.05, 4.69) is 10.9 Å². The molecule has 0 aromatic heterocycles. The maximum atomic E-state index is 12.6. The average Bonchev–Trinajstić information content (AvgIpc) is 2.65. The third kappa shape index (κ3) is 4.13. The second kappa shape index (κ2) is 5.97. The fourth-order valence-corrected chi connectivity index (χ4v) is 2.20. The molecule has 0 fully saturated rings. The highest BCUT2D eigenvalue weighted by atomic mass is 16.6. The number of rotatable bonds is 1. The van der Waals surface area contributed by atoms with E-state index in [4.69, 9.17) is 15.9 Å². The van der Waals surface area contributed by atoms with Gasteiger partial charge in [0.1, 0.15) is 17.8 Å². The van der Waals surface area contributed by atoms with E-state index in [1.807, 2.05) is 41.5 Å². The summed E-state index contributed by atoms with van der Waals surface area (Å²) in [4.78, 5) is 18.7. The summed E-state index contributed by atoms with van der Waals surface area (Å²) in [5, 5.41) is 0. The molecule has 5 nitrogen and oxygen atoms in total. The van der Waals surface area contributed by atoms with E-state index in [1.54, 1.807) is 12.0 Å². The lowest BCUT2D eigenvalue weighted by Gasteiger charge is -2.36. The average molecular weight is 294 g/mol. The number of terminal acetylenes is 1. The molecule has 1 heterocycles. The molecule has 0 saturated heterocycles. The van der Waals surface area contributed by atoms with E-state index >= 15 is 0 Å². The van der Waals surface area contributed by atoms with Crippen LogP contribution in [0, 0.1) is 17.8 Å². The first-order chi connectivity index (χ1) is 9.51. The molecule has 1 aliphatic rings. The summed E-state index contributed by atoms with van der Waals surface area (Å²) in [6.45, 7) is 11.6. The molecule has 0 aromatic rings. The fourth-order valence-electron chi connectivity index (χ4n) is 2.20. The molecule has 5 heteroatoms. The van der Waals surface area contributed by atoms with Crippen LogP contribution in [0.4, 0.5) is 4.79 Å². The Labute approximate surface area is 127 Å². The molecular formula is C16H26N2O3. The zero-order valence-corrected chi connectivity index (χ0v) is 14.1. The number of hydrogen-bond acceptors (Lipinski definition) is 4. The van der Waals surface area contributed by atoms with E-state index < -0.39 is 11.7 Å². The van der Waals surface area contributed by atoms with Gasteiger partial charge in [-0.2, -0.15) is 0 Å². The lowest BCUT2D eigenvalue weighted by atomic mass is 9.91. The third-order valence-corrected chi connectivity index (χ3v) is 3.03. The van der Waals surface area contributed by atoms with Crippen molar-refractivity contribution in [3.05, 3.63) is 0 Å². The molecule has 0 bridgehead atoms. The van der Waals surface area contributed by atoms with E-state index in [-0.39, 0.29) is 17.6 Å². The molecule has 0 unspecified atom stereocenters. The number of ether oxygens (including phenoxy) is 2. The Balaban J connectivity index is 3.15. The van der Waals surface area contributed by atoms with Crippen LogP contribution in [0.25, 0.3) is 0 Å². The number of nitrogens with zero attached hydrogens (tertiary/aromatic N) is 2. The topological polar surface area (TPSA) is 51.1 Å². The zero-order valence-electron chi connectivity index (χ0n) is 14.1. The first-order valence-corrected chi connectivity index (χ1v) is 7.07. The quantitative estimate of drug-likeness (QED) is 0.698. The minimum Gasteiger partial charge on any atom is -0.483 e. The van der Waals surface area contributed by atoms with Gasteiger partial charge in [-0.15, -0.1) is 12.3 Å². The summed E-state index contributed by atoms with van der Waals surface area (Å²) in [7, 11) is 1.54. The van der Waals surface area contributed by atoms with Crippen molar-refractivity contribution in [3.63, 3.8) is 0 Å². The van der Waals surface area contributed by atoms with Crippen molar-refractivity contribution in [1.29, 1.82) is 0 Å². The highest BCUT2D eigenvalue weighted by Gasteiger charge is 2.46. The fraction of sp³-hybridized carbons (Fsp3) is 0.750. The number of hydrogen-bond donors (Lipinski definition) is 0. The molecule has 1 rings (SSSR count). The maximum Gasteiger partial charge on any atom is 0.412 e. The molecule has 0 spiro atoms. The predicted molar refractivity (Wildman–Crippen MR) is 83.0 cm³/mol. The number of carbonyl (C=O) groups excluding carboxylic acids is 1. The van der Waals surface area contributed by atoms with Crippen LogP contribution in [-0.2, 0) is 9.47 Å². The highest BCUT2D eigenvalue weighted by molar-refractivity contribution is 5.89. The molecular weight excluding hydrogens is 268 g/mol. The van der Waals surface area contributed by atoms with Crippen molar-refractivity contribution in [2.45, 2.75) is 65.8 Å². The van der Waals surface area contributed by atoms with E-state index in [0.29, 0.717) is 12.3 Å². The minimum absolute atomic E-state index is 0.246. The SMILES string of the molecule is C#CC[C@H]1C(OC)=N[C@H](C(C)(C)C)N1C(=O)OC(C)(C)C. The van der Waals surface area contributed by atoms with Gasteiger partial charge < -0.3 is 9.47 Å². The van der Waals surface area contributed by atoms with Crippen LogP contribution in [0.2, 0.25) is 0 Å². The van der Waals surface area contributed by atoms with Crippen LogP contribution >= 0.6 is 0 Å². The van der Waals surface area contributed by atoms with E-state index in [1.165, 1.54) is 0 Å². The van der Waals surface area contributed by atoms with Gasteiger partial charge in [0.05, 0.1) is 7.11 Å². The van der Waals surface area contributed by atoms with Crippen molar-refractivity contribution in [3.8, 4) is 12.3 Å². The minimum atomic E-state index is -0.573. The monoisotopic (exact) mass is 294 g/mol. The number of amides is 1. The Kier molecular flexibility index (Phi) is 4.93. The van der Waals surface area contributed by atoms with Gasteiger partial charge in [0, 0.05) is 11.8 Å². The van der Waals surface area contributed by atoms with Crippen LogP contribution in [0.5, 0.6) is 0 Å². The molecule has 0 radical (unpaired) electrons. The first-order valence-electron chi connectivity index (χ1n) is 7.07. The van der Waals surface area contributed by atoms with Crippen LogP contribution in [0.1, 0.15) is 48.0 Å². The Morgan fingerprint density at radius 1 is 1.33 bits per heavy atom. The first kappa shape index (κ1) is 17.4. The Hall–Kier alpha value is -1.70. The van der Waals surface area contributed by atoms with Gasteiger partial charge >= 0.3 is 6.09 Å². The Morgan fingerprint density at radius 3 is 2.29 bits per heavy atom. The lowest BCUT2D eigenvalue weighted by Crippen LogP contribution is -2.50. The van der Waals surface area contributed by atoms with Crippen molar-refractivity contribution >= 4 is 12.0 Å². The molecule has 0 aliphatic carbocycles. The summed E-state index contributed by atoms with van der Waals surface area (Å²) in [6.07, 6.45) is 5.00. The largest absolute Gasteiger partial charge is 0.483 e. The van der Waals surface area contributed by atoms with Gasteiger partial charge in [-0.05, 0) is 20.8 Å². The molecule has 0 N–H and O–H groups in total. The standard InChI is InChI=1S/C16H26N2O3/c1-9-10-11-12(20-8)17-13(15(2,3)4)18(11)14(19)21-16(5,6)7/h1,11,13H,10H2,2-8H3/t11-,13-/m0/s1. The Morgan fingerprint density at radius 2 is 1.90 bits per heavy atom. The van der Waals surface area contributed by atoms with Crippen LogP contribution in [0.15, 0.2) is 4.99 Å². The van der Waals surface area contributed by atoms with Crippen LogP contribution < -0.4 is 0 Å². The summed E-state index contributed by atoms with van der Waals surface area (Å²) < 4.78 is 10.8. The second-order valence-electron chi connectivity index (χ2n) is 7.22. The summed E-state index contributed by atoms with van der Waals surface area (Å²) in [5.74, 6) is 3.07. The molecule has 21 heavy (non-hydrogen) atoms. The molecule has 2 atom stereocenters. The van der Waals surface area contributed by atoms with Crippen LogP contribution in [0.3, 0.4) is 0 Å². The molecule has 118 valence electrons.